The molecule has 0 aliphatic heterocycles. The number of guanidine groups is 1. The predicted molar refractivity (Wildman–Crippen MR) is 117 cm³/mol. The highest BCUT2D eigenvalue weighted by Gasteiger charge is 2.14. The van der Waals surface area contributed by atoms with Gasteiger partial charge in [-0.05, 0) is 63.6 Å². The summed E-state index contributed by atoms with van der Waals surface area (Å²) in [6, 6.07) is 10.1. The summed E-state index contributed by atoms with van der Waals surface area (Å²) in [6.07, 6.45) is 0. The molecule has 1 amide bonds. The van der Waals surface area contributed by atoms with Crippen molar-refractivity contribution in [2.24, 2.45) is 4.99 Å². The Kier molecular flexibility index (Phi) is 6.79. The van der Waals surface area contributed by atoms with Crippen molar-refractivity contribution >= 4 is 17.6 Å². The van der Waals surface area contributed by atoms with Gasteiger partial charge < -0.3 is 5.32 Å². The standard InChI is InChI=1S/C23H25F2N5O/c1-5-30-16(4)20(15(3)29-30)13-26-23(27-19-8-6-7-18(24)12-19)28-22(31)17-10-9-14(2)21(25)11-17/h6-12H,5,13H2,1-4H3,(H2,26,27,28,31). The van der Waals surface area contributed by atoms with Crippen LogP contribution >= 0.6 is 0 Å². The van der Waals surface area contributed by atoms with Crippen LogP contribution in [-0.4, -0.2) is 21.6 Å². The van der Waals surface area contributed by atoms with Gasteiger partial charge in [0.1, 0.15) is 11.6 Å². The Morgan fingerprint density at radius 1 is 1.13 bits per heavy atom. The van der Waals surface area contributed by atoms with E-state index in [0.29, 0.717) is 11.3 Å². The molecule has 0 aliphatic rings. The first-order valence-electron chi connectivity index (χ1n) is 9.96. The highest BCUT2D eigenvalue weighted by atomic mass is 19.1. The number of benzene rings is 2. The van der Waals surface area contributed by atoms with Crippen LogP contribution in [0.4, 0.5) is 14.5 Å². The molecule has 0 radical (unpaired) electrons. The number of carbonyl (C=O) groups is 1. The Morgan fingerprint density at radius 3 is 2.55 bits per heavy atom. The fourth-order valence-corrected chi connectivity index (χ4v) is 3.16. The molecule has 0 atom stereocenters. The number of anilines is 1. The van der Waals surface area contributed by atoms with E-state index in [0.717, 1.165) is 23.5 Å². The van der Waals surface area contributed by atoms with Gasteiger partial charge in [0.05, 0.1) is 12.2 Å². The van der Waals surface area contributed by atoms with E-state index in [9.17, 15) is 13.6 Å². The first-order valence-corrected chi connectivity index (χ1v) is 9.96. The Bertz CT molecular complexity index is 1140. The van der Waals surface area contributed by atoms with Crippen molar-refractivity contribution in [1.82, 2.24) is 15.1 Å². The summed E-state index contributed by atoms with van der Waals surface area (Å²) in [4.78, 5) is 17.2. The summed E-state index contributed by atoms with van der Waals surface area (Å²) in [6.45, 7) is 8.48. The average Bonchev–Trinajstić information content (AvgIpc) is 3.01. The number of amides is 1. The van der Waals surface area contributed by atoms with Crippen LogP contribution in [0.1, 0.15) is 39.8 Å². The SMILES string of the molecule is CCn1nc(C)c(CN=C(NC(=O)c2ccc(C)c(F)c2)Nc2cccc(F)c2)c1C. The molecule has 162 valence electrons. The molecule has 0 saturated heterocycles. The molecule has 0 aliphatic carbocycles. The van der Waals surface area contributed by atoms with E-state index in [2.05, 4.69) is 20.7 Å². The van der Waals surface area contributed by atoms with Crippen molar-refractivity contribution in [3.63, 3.8) is 0 Å². The molecule has 8 heteroatoms. The van der Waals surface area contributed by atoms with Crippen molar-refractivity contribution in [3.8, 4) is 0 Å². The van der Waals surface area contributed by atoms with Gasteiger partial charge in [-0.2, -0.15) is 5.10 Å². The quantitative estimate of drug-likeness (QED) is 0.467. The maximum absolute atomic E-state index is 13.9. The summed E-state index contributed by atoms with van der Waals surface area (Å²) >= 11 is 0. The van der Waals surface area contributed by atoms with Crippen LogP contribution in [0.3, 0.4) is 0 Å². The highest BCUT2D eigenvalue weighted by Crippen LogP contribution is 2.15. The van der Waals surface area contributed by atoms with Crippen molar-refractivity contribution in [2.45, 2.75) is 40.8 Å². The van der Waals surface area contributed by atoms with Crippen LogP contribution < -0.4 is 10.6 Å². The number of aromatic nitrogens is 2. The molecule has 0 bridgehead atoms. The second kappa shape index (κ2) is 9.51. The van der Waals surface area contributed by atoms with E-state index in [-0.39, 0.29) is 18.1 Å². The second-order valence-electron chi connectivity index (χ2n) is 7.18. The van der Waals surface area contributed by atoms with Crippen LogP contribution in [0.2, 0.25) is 0 Å². The molecule has 0 fully saturated rings. The second-order valence-corrected chi connectivity index (χ2v) is 7.18. The van der Waals surface area contributed by atoms with Crippen molar-refractivity contribution < 1.29 is 13.6 Å². The van der Waals surface area contributed by atoms with Crippen LogP contribution in [0.5, 0.6) is 0 Å². The molecule has 31 heavy (non-hydrogen) atoms. The van der Waals surface area contributed by atoms with E-state index in [1.807, 2.05) is 25.5 Å². The fraction of sp³-hybridized carbons (Fsp3) is 0.261. The third-order valence-corrected chi connectivity index (χ3v) is 4.98. The number of carbonyl (C=O) groups excluding carboxylic acids is 1. The lowest BCUT2D eigenvalue weighted by Crippen LogP contribution is -2.36. The van der Waals surface area contributed by atoms with Gasteiger partial charge >= 0.3 is 0 Å². The maximum Gasteiger partial charge on any atom is 0.258 e. The van der Waals surface area contributed by atoms with Crippen molar-refractivity contribution in [1.29, 1.82) is 0 Å². The minimum Gasteiger partial charge on any atom is -0.326 e. The van der Waals surface area contributed by atoms with Crippen LogP contribution in [0.15, 0.2) is 47.5 Å². The normalized spacial score (nSPS) is 11.5. The van der Waals surface area contributed by atoms with Gasteiger partial charge in [0.15, 0.2) is 0 Å². The zero-order valence-electron chi connectivity index (χ0n) is 18.0. The minimum absolute atomic E-state index is 0.125. The Hall–Kier alpha value is -3.55. The lowest BCUT2D eigenvalue weighted by Gasteiger charge is -2.12. The Labute approximate surface area is 180 Å². The molecule has 0 saturated carbocycles. The van der Waals surface area contributed by atoms with Crippen LogP contribution in [0.25, 0.3) is 0 Å². The third kappa shape index (κ3) is 5.33. The van der Waals surface area contributed by atoms with Gasteiger partial charge in [0.25, 0.3) is 5.91 Å². The molecule has 3 aromatic rings. The Balaban J connectivity index is 1.88. The number of nitrogens with one attached hydrogen (secondary N) is 2. The van der Waals surface area contributed by atoms with E-state index >= 15 is 0 Å². The van der Waals surface area contributed by atoms with Gasteiger partial charge in [0.2, 0.25) is 5.96 Å². The third-order valence-electron chi connectivity index (χ3n) is 4.98. The molecule has 0 spiro atoms. The average molecular weight is 425 g/mol. The summed E-state index contributed by atoms with van der Waals surface area (Å²) in [5, 5.41) is 10.1. The fourth-order valence-electron chi connectivity index (χ4n) is 3.16. The van der Waals surface area contributed by atoms with E-state index in [4.69, 9.17) is 0 Å². The summed E-state index contributed by atoms with van der Waals surface area (Å²) in [5.74, 6) is -1.30. The molecule has 6 nitrogen and oxygen atoms in total. The maximum atomic E-state index is 13.9. The summed E-state index contributed by atoms with van der Waals surface area (Å²) in [5.41, 5.74) is 3.80. The molecule has 2 N–H and O–H groups in total. The topological polar surface area (TPSA) is 71.3 Å². The first-order chi connectivity index (χ1) is 14.8. The van der Waals surface area contributed by atoms with Crippen LogP contribution in [-0.2, 0) is 13.1 Å². The van der Waals surface area contributed by atoms with Gasteiger partial charge in [-0.3, -0.25) is 14.8 Å². The lowest BCUT2D eigenvalue weighted by molar-refractivity contribution is 0.0976. The van der Waals surface area contributed by atoms with Gasteiger partial charge in [-0.25, -0.2) is 13.8 Å². The predicted octanol–water partition coefficient (Wildman–Crippen LogP) is 4.50. The molecule has 0 unspecified atom stereocenters. The lowest BCUT2D eigenvalue weighted by atomic mass is 10.1. The van der Waals surface area contributed by atoms with Gasteiger partial charge in [0, 0.05) is 29.1 Å². The van der Waals surface area contributed by atoms with Crippen LogP contribution in [0, 0.1) is 32.4 Å². The van der Waals surface area contributed by atoms with Crippen molar-refractivity contribution in [2.75, 3.05) is 5.32 Å². The minimum atomic E-state index is -0.528. The molecule has 2 aromatic carbocycles. The number of hydrogen-bond donors (Lipinski definition) is 2. The monoisotopic (exact) mass is 425 g/mol. The number of hydrogen-bond acceptors (Lipinski definition) is 3. The molecule has 1 heterocycles. The zero-order valence-corrected chi connectivity index (χ0v) is 18.0. The smallest absolute Gasteiger partial charge is 0.258 e. The molecule has 3 rings (SSSR count). The number of halogens is 2. The van der Waals surface area contributed by atoms with E-state index in [1.165, 1.54) is 30.3 Å². The van der Waals surface area contributed by atoms with Crippen molar-refractivity contribution in [3.05, 3.63) is 82.2 Å². The number of aliphatic imine (C=N–C) groups is 1. The van der Waals surface area contributed by atoms with Gasteiger partial charge in [-0.15, -0.1) is 0 Å². The summed E-state index contributed by atoms with van der Waals surface area (Å²) < 4.78 is 29.4. The largest absolute Gasteiger partial charge is 0.326 e. The number of aryl methyl sites for hydroxylation is 3. The molecular weight excluding hydrogens is 400 g/mol. The highest BCUT2D eigenvalue weighted by molar-refractivity contribution is 6.09. The number of rotatable bonds is 5. The molecular formula is C23H25F2N5O. The Morgan fingerprint density at radius 2 is 1.90 bits per heavy atom. The first kappa shape index (κ1) is 22.1. The van der Waals surface area contributed by atoms with E-state index < -0.39 is 17.5 Å². The molecule has 1 aromatic heterocycles. The zero-order chi connectivity index (χ0) is 22.5. The summed E-state index contributed by atoms with van der Waals surface area (Å²) in [7, 11) is 0. The number of nitrogens with zero attached hydrogens (tertiary/aromatic N) is 3. The van der Waals surface area contributed by atoms with E-state index in [1.54, 1.807) is 19.1 Å². The van der Waals surface area contributed by atoms with Gasteiger partial charge in [-0.1, -0.05) is 12.1 Å².